The van der Waals surface area contributed by atoms with Crippen molar-refractivity contribution in [2.75, 3.05) is 54.7 Å². The lowest BCUT2D eigenvalue weighted by molar-refractivity contribution is 0.115. The highest BCUT2D eigenvalue weighted by molar-refractivity contribution is 14.0. The molecule has 0 radical (unpaired) electrons. The average molecular weight is 507 g/mol. The summed E-state index contributed by atoms with van der Waals surface area (Å²) in [5, 5.41) is 3.33. The van der Waals surface area contributed by atoms with Gasteiger partial charge in [0.2, 0.25) is 0 Å². The highest BCUT2D eigenvalue weighted by atomic mass is 127. The normalized spacial score (nSPS) is 13.5. The molecule has 0 saturated heterocycles. The van der Waals surface area contributed by atoms with Crippen LogP contribution in [0.3, 0.4) is 0 Å². The molecular formula is C20H34IN3O4. The maximum atomic E-state index is 5.74. The SMILES string of the molecule is CCNC(=NCc1c(OC)cc(OC)cc1OC)N(C)CCOCC1CC1.I. The van der Waals surface area contributed by atoms with Crippen molar-refractivity contribution >= 4 is 29.9 Å². The molecule has 8 heteroatoms. The first-order chi connectivity index (χ1) is 13.1. The van der Waals surface area contributed by atoms with Crippen molar-refractivity contribution in [2.45, 2.75) is 26.3 Å². The van der Waals surface area contributed by atoms with Crippen LogP contribution in [0, 0.1) is 5.92 Å². The minimum Gasteiger partial charge on any atom is -0.496 e. The van der Waals surface area contributed by atoms with Crippen LogP contribution in [-0.4, -0.2) is 65.5 Å². The van der Waals surface area contributed by atoms with Gasteiger partial charge in [0.05, 0.1) is 40.0 Å². The molecule has 1 aliphatic carbocycles. The molecule has 1 fully saturated rings. The molecular weight excluding hydrogens is 473 g/mol. The van der Waals surface area contributed by atoms with Crippen LogP contribution in [0.1, 0.15) is 25.3 Å². The summed E-state index contributed by atoms with van der Waals surface area (Å²) in [5.74, 6) is 3.69. The van der Waals surface area contributed by atoms with Crippen molar-refractivity contribution in [1.82, 2.24) is 10.2 Å². The molecule has 1 aromatic carbocycles. The summed E-state index contributed by atoms with van der Waals surface area (Å²) >= 11 is 0. The van der Waals surface area contributed by atoms with Crippen molar-refractivity contribution in [2.24, 2.45) is 10.9 Å². The number of hydrogen-bond acceptors (Lipinski definition) is 5. The molecule has 0 unspecified atom stereocenters. The third kappa shape index (κ3) is 7.54. The van der Waals surface area contributed by atoms with Crippen LogP contribution in [0.15, 0.2) is 17.1 Å². The molecule has 1 saturated carbocycles. The lowest BCUT2D eigenvalue weighted by atomic mass is 10.1. The molecule has 1 N–H and O–H groups in total. The number of nitrogens with zero attached hydrogens (tertiary/aromatic N) is 2. The number of benzene rings is 1. The van der Waals surface area contributed by atoms with E-state index in [1.807, 2.05) is 19.2 Å². The Morgan fingerprint density at radius 3 is 2.29 bits per heavy atom. The van der Waals surface area contributed by atoms with Crippen LogP contribution in [0.25, 0.3) is 0 Å². The predicted octanol–water partition coefficient (Wildman–Crippen LogP) is 3.15. The van der Waals surface area contributed by atoms with E-state index in [2.05, 4.69) is 17.1 Å². The van der Waals surface area contributed by atoms with Crippen molar-refractivity contribution in [3.8, 4) is 17.2 Å². The Balaban J connectivity index is 0.00000392. The summed E-state index contributed by atoms with van der Waals surface area (Å²) in [4.78, 5) is 6.84. The van der Waals surface area contributed by atoms with Gasteiger partial charge in [-0.25, -0.2) is 4.99 Å². The maximum Gasteiger partial charge on any atom is 0.194 e. The Morgan fingerprint density at radius 1 is 1.14 bits per heavy atom. The molecule has 1 aliphatic rings. The summed E-state index contributed by atoms with van der Waals surface area (Å²) in [7, 11) is 6.91. The first kappa shape index (κ1) is 24.6. The molecule has 0 aliphatic heterocycles. The van der Waals surface area contributed by atoms with Gasteiger partial charge < -0.3 is 29.2 Å². The van der Waals surface area contributed by atoms with Gasteiger partial charge >= 0.3 is 0 Å². The predicted molar refractivity (Wildman–Crippen MR) is 123 cm³/mol. The molecule has 0 amide bonds. The van der Waals surface area contributed by atoms with Crippen LogP contribution in [0.5, 0.6) is 17.2 Å². The zero-order chi connectivity index (χ0) is 19.6. The van der Waals surface area contributed by atoms with Gasteiger partial charge in [0.25, 0.3) is 0 Å². The number of methoxy groups -OCH3 is 3. The van der Waals surface area contributed by atoms with Gasteiger partial charge in [-0.1, -0.05) is 0 Å². The van der Waals surface area contributed by atoms with Gasteiger partial charge in [0.15, 0.2) is 5.96 Å². The van der Waals surface area contributed by atoms with Crippen LogP contribution in [0.4, 0.5) is 0 Å². The number of hydrogen-bond donors (Lipinski definition) is 1. The van der Waals surface area contributed by atoms with Gasteiger partial charge in [-0.3, -0.25) is 0 Å². The van der Waals surface area contributed by atoms with Gasteiger partial charge in [-0.2, -0.15) is 0 Å². The highest BCUT2D eigenvalue weighted by Gasteiger charge is 2.21. The first-order valence-corrected chi connectivity index (χ1v) is 9.49. The monoisotopic (exact) mass is 507 g/mol. The topological polar surface area (TPSA) is 64.6 Å². The standard InChI is InChI=1S/C20H33N3O4.HI/c1-6-21-20(23(2)9-10-27-14-15-7-8-15)22-13-17-18(25-4)11-16(24-3)12-19(17)26-5;/h11-12,15H,6-10,13-14H2,1-5H3,(H,21,22);1H. The smallest absolute Gasteiger partial charge is 0.194 e. The maximum absolute atomic E-state index is 5.74. The third-order valence-electron chi connectivity index (χ3n) is 4.52. The average Bonchev–Trinajstić information content (AvgIpc) is 3.52. The van der Waals surface area contributed by atoms with E-state index in [-0.39, 0.29) is 24.0 Å². The fourth-order valence-corrected chi connectivity index (χ4v) is 2.70. The first-order valence-electron chi connectivity index (χ1n) is 9.49. The van der Waals surface area contributed by atoms with Crippen LogP contribution >= 0.6 is 24.0 Å². The van der Waals surface area contributed by atoms with E-state index in [9.17, 15) is 0 Å². The molecule has 0 aromatic heterocycles. The third-order valence-corrected chi connectivity index (χ3v) is 4.52. The number of guanidine groups is 1. The van der Waals surface area contributed by atoms with E-state index in [0.29, 0.717) is 30.4 Å². The molecule has 0 atom stereocenters. The summed E-state index contributed by atoms with van der Waals surface area (Å²) in [5.41, 5.74) is 0.884. The summed E-state index contributed by atoms with van der Waals surface area (Å²) in [6, 6.07) is 3.69. The number of aliphatic imine (C=N–C) groups is 1. The van der Waals surface area contributed by atoms with Gasteiger partial charge in [-0.15, -0.1) is 24.0 Å². The Hall–Kier alpha value is -1.42. The zero-order valence-electron chi connectivity index (χ0n) is 17.6. The lowest BCUT2D eigenvalue weighted by Gasteiger charge is -2.22. The van der Waals surface area contributed by atoms with E-state index in [1.54, 1.807) is 21.3 Å². The number of rotatable bonds is 11. The Morgan fingerprint density at radius 2 is 1.79 bits per heavy atom. The van der Waals surface area contributed by atoms with Gasteiger partial charge in [0.1, 0.15) is 17.2 Å². The van der Waals surface area contributed by atoms with E-state index >= 15 is 0 Å². The van der Waals surface area contributed by atoms with Gasteiger partial charge in [0, 0.05) is 38.9 Å². The Bertz CT molecular complexity index is 598. The minimum absolute atomic E-state index is 0. The second-order valence-corrected chi connectivity index (χ2v) is 6.62. The summed E-state index contributed by atoms with van der Waals surface area (Å²) < 4.78 is 22.1. The van der Waals surface area contributed by atoms with Crippen LogP contribution in [-0.2, 0) is 11.3 Å². The van der Waals surface area contributed by atoms with Crippen LogP contribution in [0.2, 0.25) is 0 Å². The van der Waals surface area contributed by atoms with Crippen LogP contribution < -0.4 is 19.5 Å². The summed E-state index contributed by atoms with van der Waals surface area (Å²) in [6.07, 6.45) is 2.62. The Kier molecular flexibility index (Phi) is 11.4. The van der Waals surface area contributed by atoms with E-state index in [0.717, 1.165) is 37.1 Å². The number of likely N-dealkylation sites (N-methyl/N-ethyl adjacent to an activating group) is 1. The molecule has 7 nitrogen and oxygen atoms in total. The lowest BCUT2D eigenvalue weighted by Crippen LogP contribution is -2.40. The number of ether oxygens (including phenoxy) is 4. The summed E-state index contributed by atoms with van der Waals surface area (Å²) in [6.45, 7) is 5.65. The largest absolute Gasteiger partial charge is 0.496 e. The van der Waals surface area contributed by atoms with Crippen molar-refractivity contribution < 1.29 is 18.9 Å². The number of halogens is 1. The highest BCUT2D eigenvalue weighted by Crippen LogP contribution is 2.34. The second-order valence-electron chi connectivity index (χ2n) is 6.62. The fourth-order valence-electron chi connectivity index (χ4n) is 2.70. The van der Waals surface area contributed by atoms with E-state index in [4.69, 9.17) is 23.9 Å². The Labute approximate surface area is 185 Å². The van der Waals surface area contributed by atoms with Crippen molar-refractivity contribution in [3.05, 3.63) is 17.7 Å². The van der Waals surface area contributed by atoms with Gasteiger partial charge in [-0.05, 0) is 25.7 Å². The molecule has 1 aromatic rings. The minimum atomic E-state index is 0. The quantitative estimate of drug-likeness (QED) is 0.215. The van der Waals surface area contributed by atoms with E-state index in [1.165, 1.54) is 12.8 Å². The molecule has 0 spiro atoms. The van der Waals surface area contributed by atoms with E-state index < -0.39 is 0 Å². The van der Waals surface area contributed by atoms with Crippen molar-refractivity contribution in [3.63, 3.8) is 0 Å². The van der Waals surface area contributed by atoms with Crippen molar-refractivity contribution in [1.29, 1.82) is 0 Å². The molecule has 0 heterocycles. The molecule has 0 bridgehead atoms. The molecule has 28 heavy (non-hydrogen) atoms. The number of nitrogens with one attached hydrogen (secondary N) is 1. The fraction of sp³-hybridized carbons (Fsp3) is 0.650. The second kappa shape index (κ2) is 12.9. The molecule has 160 valence electrons. The molecule has 2 rings (SSSR count). The zero-order valence-corrected chi connectivity index (χ0v) is 19.9.